The first-order chi connectivity index (χ1) is 7.66. The van der Waals surface area contributed by atoms with Gasteiger partial charge in [-0.15, -0.1) is 0 Å². The zero-order valence-electron chi connectivity index (χ0n) is 7.95. The standard InChI is InChI=1S/C10H7ClF2N2O/c11-8-5-14-15-9(8)6-1-3-7(4-2-6)16-10(12)13/h1-5,10H,(H,14,15). The van der Waals surface area contributed by atoms with Crippen LogP contribution >= 0.6 is 11.6 Å². The van der Waals surface area contributed by atoms with Crippen LogP contribution in [0.3, 0.4) is 0 Å². The minimum absolute atomic E-state index is 0.106. The molecule has 0 atom stereocenters. The molecule has 1 N–H and O–H groups in total. The molecule has 0 radical (unpaired) electrons. The van der Waals surface area contributed by atoms with Crippen LogP contribution in [0.5, 0.6) is 5.75 Å². The minimum Gasteiger partial charge on any atom is -0.435 e. The van der Waals surface area contributed by atoms with E-state index in [1.165, 1.54) is 18.3 Å². The Balaban J connectivity index is 2.23. The van der Waals surface area contributed by atoms with Crippen LogP contribution in [0.1, 0.15) is 0 Å². The summed E-state index contributed by atoms with van der Waals surface area (Å²) in [4.78, 5) is 0. The van der Waals surface area contributed by atoms with Crippen molar-refractivity contribution >= 4 is 11.6 Å². The van der Waals surface area contributed by atoms with Gasteiger partial charge >= 0.3 is 6.61 Å². The molecule has 3 nitrogen and oxygen atoms in total. The lowest BCUT2D eigenvalue weighted by Gasteiger charge is -2.04. The molecular formula is C10H7ClF2N2O. The monoisotopic (exact) mass is 244 g/mol. The normalized spacial score (nSPS) is 10.8. The number of alkyl halides is 2. The molecule has 0 saturated heterocycles. The van der Waals surface area contributed by atoms with Crippen LogP contribution in [0.25, 0.3) is 11.3 Å². The van der Waals surface area contributed by atoms with Crippen molar-refractivity contribution in [2.45, 2.75) is 6.61 Å². The number of H-pyrrole nitrogens is 1. The fourth-order valence-corrected chi connectivity index (χ4v) is 1.48. The van der Waals surface area contributed by atoms with E-state index < -0.39 is 6.61 Å². The summed E-state index contributed by atoms with van der Waals surface area (Å²) in [6, 6.07) is 6.13. The van der Waals surface area contributed by atoms with Crippen molar-refractivity contribution in [1.82, 2.24) is 10.2 Å². The maximum Gasteiger partial charge on any atom is 0.387 e. The highest BCUT2D eigenvalue weighted by Crippen LogP contribution is 2.26. The summed E-state index contributed by atoms with van der Waals surface area (Å²) >= 11 is 5.85. The molecule has 1 heterocycles. The number of nitrogens with zero attached hydrogens (tertiary/aromatic N) is 1. The summed E-state index contributed by atoms with van der Waals surface area (Å²) in [6.45, 7) is -2.82. The van der Waals surface area contributed by atoms with E-state index in [2.05, 4.69) is 14.9 Å². The van der Waals surface area contributed by atoms with E-state index in [0.717, 1.165) is 5.56 Å². The molecule has 0 aliphatic heterocycles. The number of halogens is 3. The van der Waals surface area contributed by atoms with Crippen LogP contribution in [0.2, 0.25) is 5.02 Å². The van der Waals surface area contributed by atoms with E-state index in [9.17, 15) is 8.78 Å². The summed E-state index contributed by atoms with van der Waals surface area (Å²) in [5, 5.41) is 6.95. The largest absolute Gasteiger partial charge is 0.435 e. The lowest BCUT2D eigenvalue weighted by Crippen LogP contribution is -2.01. The Bertz CT molecular complexity index is 470. The maximum absolute atomic E-state index is 11.9. The molecular weight excluding hydrogens is 238 g/mol. The topological polar surface area (TPSA) is 37.9 Å². The molecule has 0 aliphatic carbocycles. The van der Waals surface area contributed by atoms with Crippen LogP contribution in [0.4, 0.5) is 8.78 Å². The third-order valence-electron chi connectivity index (χ3n) is 1.96. The Morgan fingerprint density at radius 3 is 2.44 bits per heavy atom. The van der Waals surface area contributed by atoms with Crippen molar-refractivity contribution in [1.29, 1.82) is 0 Å². The van der Waals surface area contributed by atoms with Crippen molar-refractivity contribution in [2.75, 3.05) is 0 Å². The Morgan fingerprint density at radius 2 is 1.94 bits per heavy atom. The van der Waals surface area contributed by atoms with Gasteiger partial charge in [-0.05, 0) is 24.3 Å². The van der Waals surface area contributed by atoms with Gasteiger partial charge < -0.3 is 4.74 Å². The average molecular weight is 245 g/mol. The van der Waals surface area contributed by atoms with Gasteiger partial charge in [0.1, 0.15) is 5.75 Å². The lowest BCUT2D eigenvalue weighted by molar-refractivity contribution is -0.0498. The minimum atomic E-state index is -2.82. The van der Waals surface area contributed by atoms with Crippen LogP contribution in [-0.4, -0.2) is 16.8 Å². The highest BCUT2D eigenvalue weighted by Gasteiger charge is 2.07. The van der Waals surface area contributed by atoms with Crippen LogP contribution in [-0.2, 0) is 0 Å². The SMILES string of the molecule is FC(F)Oc1ccc(-c2[nH]ncc2Cl)cc1. The van der Waals surface area contributed by atoms with Gasteiger partial charge in [-0.3, -0.25) is 5.10 Å². The average Bonchev–Trinajstić information content (AvgIpc) is 2.65. The Labute approximate surface area is 95.0 Å². The van der Waals surface area contributed by atoms with Gasteiger partial charge in [0.05, 0.1) is 16.9 Å². The fourth-order valence-electron chi connectivity index (χ4n) is 1.28. The molecule has 0 fully saturated rings. The summed E-state index contributed by atoms with van der Waals surface area (Å²) in [5.41, 5.74) is 1.40. The fraction of sp³-hybridized carbons (Fsp3) is 0.100. The Hall–Kier alpha value is -1.62. The summed E-state index contributed by atoms with van der Waals surface area (Å²) in [6.07, 6.45) is 1.47. The highest BCUT2D eigenvalue weighted by atomic mass is 35.5. The van der Waals surface area contributed by atoms with Gasteiger partial charge in [0.2, 0.25) is 0 Å². The number of benzene rings is 1. The lowest BCUT2D eigenvalue weighted by atomic mass is 10.1. The molecule has 84 valence electrons. The van der Waals surface area contributed by atoms with Gasteiger partial charge in [-0.2, -0.15) is 13.9 Å². The zero-order chi connectivity index (χ0) is 11.5. The predicted octanol–water partition coefficient (Wildman–Crippen LogP) is 3.33. The first-order valence-corrected chi connectivity index (χ1v) is 4.79. The molecule has 0 amide bonds. The molecule has 2 aromatic rings. The number of aromatic nitrogens is 2. The molecule has 16 heavy (non-hydrogen) atoms. The first-order valence-electron chi connectivity index (χ1n) is 4.41. The number of hydrogen-bond acceptors (Lipinski definition) is 2. The Kier molecular flexibility index (Phi) is 3.05. The van der Waals surface area contributed by atoms with E-state index in [4.69, 9.17) is 11.6 Å². The van der Waals surface area contributed by atoms with Crippen molar-refractivity contribution in [2.24, 2.45) is 0 Å². The molecule has 2 rings (SSSR count). The van der Waals surface area contributed by atoms with E-state index >= 15 is 0 Å². The van der Waals surface area contributed by atoms with Crippen molar-refractivity contribution in [3.8, 4) is 17.0 Å². The highest BCUT2D eigenvalue weighted by molar-refractivity contribution is 6.32. The van der Waals surface area contributed by atoms with Gasteiger partial charge in [-0.1, -0.05) is 11.6 Å². The second-order valence-electron chi connectivity index (χ2n) is 3.00. The van der Waals surface area contributed by atoms with Crippen LogP contribution < -0.4 is 4.74 Å². The second kappa shape index (κ2) is 4.49. The number of aromatic amines is 1. The molecule has 0 saturated carbocycles. The number of nitrogens with one attached hydrogen (secondary N) is 1. The second-order valence-corrected chi connectivity index (χ2v) is 3.40. The van der Waals surface area contributed by atoms with Crippen molar-refractivity contribution in [3.63, 3.8) is 0 Å². The van der Waals surface area contributed by atoms with Crippen molar-refractivity contribution < 1.29 is 13.5 Å². The smallest absolute Gasteiger partial charge is 0.387 e. The maximum atomic E-state index is 11.9. The first kappa shape index (κ1) is 10.9. The summed E-state index contributed by atoms with van der Waals surface area (Å²) in [7, 11) is 0. The van der Waals surface area contributed by atoms with Gasteiger partial charge in [0.15, 0.2) is 0 Å². The van der Waals surface area contributed by atoms with Gasteiger partial charge in [-0.25, -0.2) is 0 Å². The summed E-state index contributed by atoms with van der Waals surface area (Å²) < 4.78 is 28.0. The van der Waals surface area contributed by atoms with Gasteiger partial charge in [0, 0.05) is 5.56 Å². The molecule has 1 aromatic carbocycles. The van der Waals surface area contributed by atoms with E-state index in [-0.39, 0.29) is 5.75 Å². The molecule has 0 aliphatic rings. The zero-order valence-corrected chi connectivity index (χ0v) is 8.71. The Morgan fingerprint density at radius 1 is 1.25 bits per heavy atom. The quantitative estimate of drug-likeness (QED) is 0.899. The number of hydrogen-bond donors (Lipinski definition) is 1. The third kappa shape index (κ3) is 2.30. The predicted molar refractivity (Wildman–Crippen MR) is 55.7 cm³/mol. The van der Waals surface area contributed by atoms with Crippen LogP contribution in [0, 0.1) is 0 Å². The molecule has 6 heteroatoms. The van der Waals surface area contributed by atoms with E-state index in [0.29, 0.717) is 10.7 Å². The molecule has 0 unspecified atom stereocenters. The number of rotatable bonds is 3. The van der Waals surface area contributed by atoms with Gasteiger partial charge in [0.25, 0.3) is 0 Å². The van der Waals surface area contributed by atoms with Crippen molar-refractivity contribution in [3.05, 3.63) is 35.5 Å². The molecule has 1 aromatic heterocycles. The third-order valence-corrected chi connectivity index (χ3v) is 2.25. The van der Waals surface area contributed by atoms with E-state index in [1.807, 2.05) is 0 Å². The molecule has 0 bridgehead atoms. The van der Waals surface area contributed by atoms with Crippen LogP contribution in [0.15, 0.2) is 30.5 Å². The molecule has 0 spiro atoms. The summed E-state index contributed by atoms with van der Waals surface area (Å²) in [5.74, 6) is 0.106. The van der Waals surface area contributed by atoms with E-state index in [1.54, 1.807) is 12.1 Å². The number of ether oxygens (including phenoxy) is 1.